The first kappa shape index (κ1) is 19.1. The Balaban J connectivity index is 1.32. The third kappa shape index (κ3) is 3.66. The van der Waals surface area contributed by atoms with Gasteiger partial charge >= 0.3 is 5.69 Å². The lowest BCUT2D eigenvalue weighted by atomic mass is 10.0. The summed E-state index contributed by atoms with van der Waals surface area (Å²) >= 11 is 6.04. The van der Waals surface area contributed by atoms with Crippen LogP contribution in [0.2, 0.25) is 5.02 Å². The Bertz CT molecular complexity index is 1220. The molecule has 0 aliphatic carbocycles. The van der Waals surface area contributed by atoms with Crippen LogP contribution in [0.5, 0.6) is 0 Å². The maximum absolute atomic E-state index is 12.5. The first-order chi connectivity index (χ1) is 14.7. The van der Waals surface area contributed by atoms with E-state index in [0.717, 1.165) is 59.8 Å². The number of para-hydroxylation sites is 2. The van der Waals surface area contributed by atoms with Gasteiger partial charge in [0.1, 0.15) is 0 Å². The van der Waals surface area contributed by atoms with Gasteiger partial charge in [-0.25, -0.2) is 4.79 Å². The molecule has 1 aliphatic rings. The summed E-state index contributed by atoms with van der Waals surface area (Å²) in [6, 6.07) is 20.1. The minimum absolute atomic E-state index is 0.00747. The van der Waals surface area contributed by atoms with E-state index < -0.39 is 0 Å². The van der Waals surface area contributed by atoms with E-state index >= 15 is 0 Å². The number of hydrogen-bond acceptors (Lipinski definition) is 3. The monoisotopic (exact) mass is 418 g/mol. The fourth-order valence-electron chi connectivity index (χ4n) is 4.45. The van der Waals surface area contributed by atoms with Gasteiger partial charge in [-0.2, -0.15) is 0 Å². The standard InChI is InChI=1S/C24H23ClN4O/c25-19-9-7-17(8-10-19)23-18(4-3-13-26-23)16-28-14-11-20(12-15-28)29-22-6-2-1-5-21(22)27-24(29)30/h1-10,13,20H,11-12,14-16H2,(H,27,30). The molecule has 152 valence electrons. The summed E-state index contributed by atoms with van der Waals surface area (Å²) in [5, 5.41) is 0.728. The van der Waals surface area contributed by atoms with Gasteiger partial charge in [-0.15, -0.1) is 0 Å². The molecule has 3 heterocycles. The molecule has 6 heteroatoms. The highest BCUT2D eigenvalue weighted by molar-refractivity contribution is 6.30. The van der Waals surface area contributed by atoms with E-state index in [2.05, 4.69) is 20.9 Å². The number of nitrogens with one attached hydrogen (secondary N) is 1. The van der Waals surface area contributed by atoms with Gasteiger partial charge in [-0.05, 0) is 48.7 Å². The Hall–Kier alpha value is -2.89. The Kier molecular flexibility index (Phi) is 5.15. The van der Waals surface area contributed by atoms with Crippen LogP contribution in [0.25, 0.3) is 22.3 Å². The van der Waals surface area contributed by atoms with Gasteiger partial charge in [-0.3, -0.25) is 14.5 Å². The number of pyridine rings is 1. The predicted octanol–water partition coefficient (Wildman–Crippen LogP) is 4.88. The molecule has 0 amide bonds. The topological polar surface area (TPSA) is 53.9 Å². The predicted molar refractivity (Wildman–Crippen MR) is 121 cm³/mol. The summed E-state index contributed by atoms with van der Waals surface area (Å²) < 4.78 is 1.94. The van der Waals surface area contributed by atoms with Gasteiger partial charge in [0.25, 0.3) is 0 Å². The summed E-state index contributed by atoms with van der Waals surface area (Å²) in [5.41, 5.74) is 5.19. The maximum atomic E-state index is 12.5. The summed E-state index contributed by atoms with van der Waals surface area (Å²) in [6.45, 7) is 2.75. The first-order valence-corrected chi connectivity index (χ1v) is 10.7. The highest BCUT2D eigenvalue weighted by Crippen LogP contribution is 2.28. The molecule has 2 aromatic heterocycles. The Labute approximate surface area is 179 Å². The van der Waals surface area contributed by atoms with E-state index in [0.29, 0.717) is 0 Å². The molecule has 4 aromatic rings. The van der Waals surface area contributed by atoms with Crippen molar-refractivity contribution in [3.63, 3.8) is 0 Å². The minimum atomic E-state index is -0.00747. The molecular weight excluding hydrogens is 396 g/mol. The van der Waals surface area contributed by atoms with Crippen molar-refractivity contribution in [3.05, 3.63) is 87.9 Å². The normalized spacial score (nSPS) is 15.6. The smallest absolute Gasteiger partial charge is 0.306 e. The largest absolute Gasteiger partial charge is 0.326 e. The van der Waals surface area contributed by atoms with Crippen LogP contribution in [0.1, 0.15) is 24.4 Å². The lowest BCUT2D eigenvalue weighted by Gasteiger charge is -2.32. The van der Waals surface area contributed by atoms with E-state index in [1.807, 2.05) is 65.4 Å². The van der Waals surface area contributed by atoms with Crippen molar-refractivity contribution < 1.29 is 0 Å². The Morgan fingerprint density at radius 2 is 1.77 bits per heavy atom. The first-order valence-electron chi connectivity index (χ1n) is 10.3. The molecule has 5 nitrogen and oxygen atoms in total. The molecule has 1 saturated heterocycles. The number of imidazole rings is 1. The third-order valence-corrected chi connectivity index (χ3v) is 6.20. The summed E-state index contributed by atoms with van der Waals surface area (Å²) in [5.74, 6) is 0. The number of likely N-dealkylation sites (tertiary alicyclic amines) is 1. The maximum Gasteiger partial charge on any atom is 0.326 e. The second kappa shape index (κ2) is 8.09. The lowest BCUT2D eigenvalue weighted by molar-refractivity contribution is 0.180. The second-order valence-electron chi connectivity index (χ2n) is 7.84. The van der Waals surface area contributed by atoms with Crippen LogP contribution in [0.15, 0.2) is 71.7 Å². The van der Waals surface area contributed by atoms with Crippen molar-refractivity contribution in [2.75, 3.05) is 13.1 Å². The van der Waals surface area contributed by atoms with Crippen molar-refractivity contribution in [2.45, 2.75) is 25.4 Å². The number of fused-ring (bicyclic) bond motifs is 1. The number of hydrogen-bond donors (Lipinski definition) is 1. The van der Waals surface area contributed by atoms with Crippen molar-refractivity contribution in [1.82, 2.24) is 19.4 Å². The van der Waals surface area contributed by atoms with Gasteiger partial charge in [0, 0.05) is 42.5 Å². The number of piperidine rings is 1. The summed E-state index contributed by atoms with van der Waals surface area (Å²) in [6.07, 6.45) is 3.75. The number of H-pyrrole nitrogens is 1. The Morgan fingerprint density at radius 3 is 2.57 bits per heavy atom. The molecule has 1 fully saturated rings. The van der Waals surface area contributed by atoms with Crippen LogP contribution in [-0.2, 0) is 6.54 Å². The fourth-order valence-corrected chi connectivity index (χ4v) is 4.57. The lowest BCUT2D eigenvalue weighted by Crippen LogP contribution is -2.36. The SMILES string of the molecule is O=c1[nH]c2ccccc2n1C1CCN(Cc2cccnc2-c2ccc(Cl)cc2)CC1. The van der Waals surface area contributed by atoms with Crippen LogP contribution in [-0.4, -0.2) is 32.5 Å². The number of rotatable bonds is 4. The molecule has 30 heavy (non-hydrogen) atoms. The van der Waals surface area contributed by atoms with Crippen LogP contribution >= 0.6 is 11.6 Å². The molecule has 1 N–H and O–H groups in total. The number of aromatic amines is 1. The average Bonchev–Trinajstić information content (AvgIpc) is 3.11. The molecule has 5 rings (SSSR count). The summed E-state index contributed by atoms with van der Waals surface area (Å²) in [4.78, 5) is 22.6. The van der Waals surface area contributed by atoms with E-state index in [9.17, 15) is 4.79 Å². The van der Waals surface area contributed by atoms with Gasteiger partial charge in [-0.1, -0.05) is 41.9 Å². The molecule has 0 saturated carbocycles. The molecule has 0 atom stereocenters. The zero-order valence-electron chi connectivity index (χ0n) is 16.6. The highest BCUT2D eigenvalue weighted by Gasteiger charge is 2.24. The molecule has 0 radical (unpaired) electrons. The molecule has 1 aliphatic heterocycles. The van der Waals surface area contributed by atoms with Crippen LogP contribution < -0.4 is 5.69 Å². The zero-order valence-corrected chi connectivity index (χ0v) is 17.3. The zero-order chi connectivity index (χ0) is 20.5. The molecule has 2 aromatic carbocycles. The highest BCUT2D eigenvalue weighted by atomic mass is 35.5. The number of benzene rings is 2. The van der Waals surface area contributed by atoms with Crippen molar-refractivity contribution in [3.8, 4) is 11.3 Å². The van der Waals surface area contributed by atoms with E-state index in [1.54, 1.807) is 0 Å². The number of halogens is 1. The quantitative estimate of drug-likeness (QED) is 0.513. The van der Waals surface area contributed by atoms with Crippen LogP contribution in [0.4, 0.5) is 0 Å². The fraction of sp³-hybridized carbons (Fsp3) is 0.250. The summed E-state index contributed by atoms with van der Waals surface area (Å²) in [7, 11) is 0. The Morgan fingerprint density at radius 1 is 1.00 bits per heavy atom. The number of aromatic nitrogens is 3. The van der Waals surface area contributed by atoms with Crippen LogP contribution in [0, 0.1) is 0 Å². The second-order valence-corrected chi connectivity index (χ2v) is 8.28. The van der Waals surface area contributed by atoms with Crippen molar-refractivity contribution in [2.24, 2.45) is 0 Å². The van der Waals surface area contributed by atoms with Crippen molar-refractivity contribution >= 4 is 22.6 Å². The van der Waals surface area contributed by atoms with Crippen molar-refractivity contribution in [1.29, 1.82) is 0 Å². The molecule has 0 bridgehead atoms. The van der Waals surface area contributed by atoms with Gasteiger partial charge in [0.2, 0.25) is 0 Å². The van der Waals surface area contributed by atoms with E-state index in [-0.39, 0.29) is 11.7 Å². The molecule has 0 unspecified atom stereocenters. The third-order valence-electron chi connectivity index (χ3n) is 5.95. The van der Waals surface area contributed by atoms with Gasteiger partial charge < -0.3 is 4.98 Å². The minimum Gasteiger partial charge on any atom is -0.306 e. The number of nitrogens with zero attached hydrogens (tertiary/aromatic N) is 3. The van der Waals surface area contributed by atoms with Gasteiger partial charge in [0.05, 0.1) is 16.7 Å². The van der Waals surface area contributed by atoms with Gasteiger partial charge in [0.15, 0.2) is 0 Å². The molecule has 0 spiro atoms. The van der Waals surface area contributed by atoms with E-state index in [4.69, 9.17) is 11.6 Å². The average molecular weight is 419 g/mol. The van der Waals surface area contributed by atoms with Crippen LogP contribution in [0.3, 0.4) is 0 Å². The van der Waals surface area contributed by atoms with E-state index in [1.165, 1.54) is 5.56 Å². The molecular formula is C24H23ClN4O.